The monoisotopic (exact) mass is 337 g/mol. The van der Waals surface area contributed by atoms with Gasteiger partial charge >= 0.3 is 0 Å². The zero-order chi connectivity index (χ0) is 14.7. The predicted octanol–water partition coefficient (Wildman–Crippen LogP) is 3.88. The van der Waals surface area contributed by atoms with E-state index < -0.39 is 0 Å². The molecule has 0 amide bonds. The Balaban J connectivity index is 2.58. The predicted molar refractivity (Wildman–Crippen MR) is 86.0 cm³/mol. The number of benzene rings is 1. The molecule has 0 saturated carbocycles. The van der Waals surface area contributed by atoms with E-state index in [1.807, 2.05) is 18.2 Å². The number of nitrogens with zero attached hydrogens (tertiary/aromatic N) is 2. The maximum Gasteiger partial charge on any atom is 0.131 e. The molecule has 0 unspecified atom stereocenters. The van der Waals surface area contributed by atoms with Crippen LogP contribution in [0.2, 0.25) is 0 Å². The van der Waals surface area contributed by atoms with Gasteiger partial charge in [-0.2, -0.15) is 0 Å². The lowest BCUT2D eigenvalue weighted by atomic mass is 10.1. The number of halogens is 1. The first-order valence-corrected chi connectivity index (χ1v) is 7.60. The van der Waals surface area contributed by atoms with Crippen molar-refractivity contribution < 1.29 is 4.74 Å². The fourth-order valence-corrected chi connectivity index (χ4v) is 2.70. The van der Waals surface area contributed by atoms with Gasteiger partial charge in [-0.25, -0.2) is 4.98 Å². The van der Waals surface area contributed by atoms with E-state index in [2.05, 4.69) is 34.3 Å². The van der Waals surface area contributed by atoms with Crippen molar-refractivity contribution in [3.63, 3.8) is 0 Å². The topological polar surface area (TPSA) is 53.1 Å². The molecule has 4 nitrogen and oxygen atoms in total. The van der Waals surface area contributed by atoms with Crippen LogP contribution < -0.4 is 10.5 Å². The number of aryl methyl sites for hydroxylation is 1. The molecule has 0 aliphatic carbocycles. The van der Waals surface area contributed by atoms with E-state index in [1.165, 1.54) is 0 Å². The Morgan fingerprint density at radius 3 is 2.70 bits per heavy atom. The average molecular weight is 338 g/mol. The van der Waals surface area contributed by atoms with Crippen LogP contribution in [0.4, 0.5) is 5.82 Å². The van der Waals surface area contributed by atoms with Crippen LogP contribution in [0.15, 0.2) is 22.7 Å². The number of nitrogen functional groups attached to an aromatic ring is 1. The molecular formula is C15H20BrN3O. The summed E-state index contributed by atoms with van der Waals surface area (Å²) in [5, 5.41) is 0. The van der Waals surface area contributed by atoms with E-state index in [1.54, 1.807) is 7.11 Å². The summed E-state index contributed by atoms with van der Waals surface area (Å²) >= 11 is 3.56. The highest BCUT2D eigenvalue weighted by Crippen LogP contribution is 2.35. The van der Waals surface area contributed by atoms with Crippen molar-refractivity contribution in [3.8, 4) is 17.0 Å². The minimum absolute atomic E-state index is 0.720. The van der Waals surface area contributed by atoms with E-state index in [9.17, 15) is 0 Å². The molecule has 0 saturated heterocycles. The number of imidazole rings is 1. The largest absolute Gasteiger partial charge is 0.497 e. The maximum absolute atomic E-state index is 6.30. The molecule has 0 bridgehead atoms. The van der Waals surface area contributed by atoms with E-state index in [0.29, 0.717) is 0 Å². The van der Waals surface area contributed by atoms with Crippen LogP contribution in [0.5, 0.6) is 5.75 Å². The molecule has 1 aromatic heterocycles. The van der Waals surface area contributed by atoms with Crippen LogP contribution in [0.25, 0.3) is 11.3 Å². The van der Waals surface area contributed by atoms with Gasteiger partial charge in [0.15, 0.2) is 0 Å². The zero-order valence-corrected chi connectivity index (χ0v) is 13.7. The summed E-state index contributed by atoms with van der Waals surface area (Å²) in [5.74, 6) is 2.54. The SMILES string of the molecule is CCCn1c(CC)nc(-c2cc(OC)ccc2Br)c1N. The number of aromatic nitrogens is 2. The number of hydrogen-bond acceptors (Lipinski definition) is 3. The Labute approximate surface area is 128 Å². The summed E-state index contributed by atoms with van der Waals surface area (Å²) < 4.78 is 8.35. The highest BCUT2D eigenvalue weighted by molar-refractivity contribution is 9.10. The lowest BCUT2D eigenvalue weighted by Gasteiger charge is -2.08. The Kier molecular flexibility index (Phi) is 4.70. The van der Waals surface area contributed by atoms with Crippen molar-refractivity contribution in [2.24, 2.45) is 0 Å². The molecule has 2 N–H and O–H groups in total. The number of ether oxygens (including phenoxy) is 1. The lowest BCUT2D eigenvalue weighted by Crippen LogP contribution is -2.06. The van der Waals surface area contributed by atoms with Crippen LogP contribution >= 0.6 is 15.9 Å². The third-order valence-electron chi connectivity index (χ3n) is 3.28. The van der Waals surface area contributed by atoms with Crippen LogP contribution in [-0.2, 0) is 13.0 Å². The molecule has 2 aromatic rings. The smallest absolute Gasteiger partial charge is 0.131 e. The molecule has 1 heterocycles. The van der Waals surface area contributed by atoms with Gasteiger partial charge in [-0.15, -0.1) is 0 Å². The van der Waals surface area contributed by atoms with Crippen LogP contribution in [0, 0.1) is 0 Å². The summed E-state index contributed by atoms with van der Waals surface area (Å²) in [6, 6.07) is 5.82. The summed E-state index contributed by atoms with van der Waals surface area (Å²) in [5.41, 5.74) is 8.08. The first-order valence-electron chi connectivity index (χ1n) is 6.81. The molecule has 20 heavy (non-hydrogen) atoms. The Bertz CT molecular complexity index is 607. The van der Waals surface area contributed by atoms with Gasteiger partial charge in [0.25, 0.3) is 0 Å². The van der Waals surface area contributed by atoms with Crippen molar-refractivity contribution in [2.75, 3.05) is 12.8 Å². The molecule has 0 spiro atoms. The standard InChI is InChI=1S/C15H20BrN3O/c1-4-8-19-13(5-2)18-14(15(19)17)11-9-10(20-3)6-7-12(11)16/h6-7,9H,4-5,8,17H2,1-3H3. The maximum atomic E-state index is 6.30. The molecule has 0 radical (unpaired) electrons. The summed E-state index contributed by atoms with van der Waals surface area (Å²) in [6.45, 7) is 5.13. The molecule has 1 aromatic carbocycles. The van der Waals surface area contributed by atoms with Gasteiger partial charge in [-0.05, 0) is 24.6 Å². The highest BCUT2D eigenvalue weighted by Gasteiger charge is 2.17. The molecule has 0 aliphatic heterocycles. The third-order valence-corrected chi connectivity index (χ3v) is 3.97. The zero-order valence-electron chi connectivity index (χ0n) is 12.1. The lowest BCUT2D eigenvalue weighted by molar-refractivity contribution is 0.415. The molecule has 0 atom stereocenters. The average Bonchev–Trinajstić information content (AvgIpc) is 2.77. The van der Waals surface area contributed by atoms with Gasteiger partial charge in [-0.3, -0.25) is 0 Å². The van der Waals surface area contributed by atoms with Crippen molar-refractivity contribution in [3.05, 3.63) is 28.5 Å². The molecule has 108 valence electrons. The van der Waals surface area contributed by atoms with Crippen LogP contribution in [-0.4, -0.2) is 16.7 Å². The van der Waals surface area contributed by atoms with Crippen molar-refractivity contribution in [2.45, 2.75) is 33.2 Å². The third kappa shape index (κ3) is 2.68. The Morgan fingerprint density at radius 2 is 2.10 bits per heavy atom. The van der Waals surface area contributed by atoms with Gasteiger partial charge in [0, 0.05) is 23.0 Å². The van der Waals surface area contributed by atoms with E-state index in [0.717, 1.165) is 52.5 Å². The molecule has 5 heteroatoms. The Hall–Kier alpha value is -1.49. The second-order valence-corrected chi connectivity index (χ2v) is 5.47. The van der Waals surface area contributed by atoms with Crippen molar-refractivity contribution in [1.29, 1.82) is 0 Å². The first kappa shape index (κ1) is 14.9. The number of hydrogen-bond donors (Lipinski definition) is 1. The van der Waals surface area contributed by atoms with Gasteiger partial charge < -0.3 is 15.0 Å². The Morgan fingerprint density at radius 1 is 1.35 bits per heavy atom. The molecular weight excluding hydrogens is 318 g/mol. The first-order chi connectivity index (χ1) is 9.62. The molecule has 0 fully saturated rings. The van der Waals surface area contributed by atoms with E-state index in [-0.39, 0.29) is 0 Å². The van der Waals surface area contributed by atoms with Crippen molar-refractivity contribution in [1.82, 2.24) is 9.55 Å². The number of rotatable bonds is 5. The van der Waals surface area contributed by atoms with Gasteiger partial charge in [0.05, 0.1) is 7.11 Å². The summed E-state index contributed by atoms with van der Waals surface area (Å²) in [4.78, 5) is 4.71. The quantitative estimate of drug-likeness (QED) is 0.900. The van der Waals surface area contributed by atoms with Crippen LogP contribution in [0.3, 0.4) is 0 Å². The van der Waals surface area contributed by atoms with E-state index in [4.69, 9.17) is 15.5 Å². The van der Waals surface area contributed by atoms with Gasteiger partial charge in [0.1, 0.15) is 23.1 Å². The van der Waals surface area contributed by atoms with Crippen LogP contribution in [0.1, 0.15) is 26.1 Å². The minimum Gasteiger partial charge on any atom is -0.497 e. The number of anilines is 1. The van der Waals surface area contributed by atoms with Gasteiger partial charge in [-0.1, -0.05) is 29.8 Å². The van der Waals surface area contributed by atoms with Gasteiger partial charge in [0.2, 0.25) is 0 Å². The fraction of sp³-hybridized carbons (Fsp3) is 0.400. The highest BCUT2D eigenvalue weighted by atomic mass is 79.9. The molecule has 0 aliphatic rings. The van der Waals surface area contributed by atoms with Crippen molar-refractivity contribution >= 4 is 21.7 Å². The number of methoxy groups -OCH3 is 1. The normalized spacial score (nSPS) is 10.8. The summed E-state index contributed by atoms with van der Waals surface area (Å²) in [7, 11) is 1.66. The second kappa shape index (κ2) is 6.31. The summed E-state index contributed by atoms with van der Waals surface area (Å²) in [6.07, 6.45) is 1.90. The number of nitrogens with two attached hydrogens (primary N) is 1. The molecule has 2 rings (SSSR count). The fourth-order valence-electron chi connectivity index (χ4n) is 2.27. The minimum atomic E-state index is 0.720. The second-order valence-electron chi connectivity index (χ2n) is 4.61. The van der Waals surface area contributed by atoms with E-state index >= 15 is 0 Å².